The predicted molar refractivity (Wildman–Crippen MR) is 95.9 cm³/mol. The van der Waals surface area contributed by atoms with Crippen LogP contribution in [0.1, 0.15) is 5.56 Å². The molecule has 2 aromatic heterocycles. The van der Waals surface area contributed by atoms with Crippen LogP contribution < -0.4 is 9.64 Å². The molecule has 1 N–H and O–H groups in total. The van der Waals surface area contributed by atoms with Gasteiger partial charge in [0.15, 0.2) is 0 Å². The maximum atomic E-state index is 12.5. The Labute approximate surface area is 160 Å². The molecule has 0 aliphatic heterocycles. The van der Waals surface area contributed by atoms with Gasteiger partial charge in [-0.05, 0) is 29.2 Å². The van der Waals surface area contributed by atoms with Crippen LogP contribution in [0.3, 0.4) is 0 Å². The molecular formula is C16H15F3N4O4S. The van der Waals surface area contributed by atoms with Crippen LogP contribution in [0.25, 0.3) is 4.96 Å². The van der Waals surface area contributed by atoms with Crippen molar-refractivity contribution in [1.29, 1.82) is 0 Å². The van der Waals surface area contributed by atoms with Gasteiger partial charge in [-0.25, -0.2) is 0 Å². The Balaban J connectivity index is 1.62. The van der Waals surface area contributed by atoms with Gasteiger partial charge in [-0.15, -0.1) is 0 Å². The molecule has 0 spiro atoms. The van der Waals surface area contributed by atoms with Crippen molar-refractivity contribution in [3.8, 4) is 5.75 Å². The first-order valence-corrected chi connectivity index (χ1v) is 8.84. The van der Waals surface area contributed by atoms with Crippen molar-refractivity contribution in [2.24, 2.45) is 0 Å². The smallest absolute Gasteiger partial charge is 0.416 e. The van der Waals surface area contributed by atoms with Crippen LogP contribution in [0.15, 0.2) is 35.8 Å². The second-order valence-corrected chi connectivity index (χ2v) is 6.81. The second-order valence-electron chi connectivity index (χ2n) is 5.94. The van der Waals surface area contributed by atoms with Crippen LogP contribution >= 0.6 is 11.3 Å². The Kier molecular flexibility index (Phi) is 5.42. The molecule has 0 fully saturated rings. The minimum Gasteiger partial charge on any atom is -0.491 e. The van der Waals surface area contributed by atoms with Gasteiger partial charge >= 0.3 is 12.0 Å². The Hall–Kier alpha value is -2.86. The number of anilines is 1. The largest absolute Gasteiger partial charge is 0.491 e. The monoisotopic (exact) mass is 416 g/mol. The molecule has 150 valence electrons. The van der Waals surface area contributed by atoms with Crippen molar-refractivity contribution >= 4 is 27.9 Å². The number of nitro groups is 1. The van der Waals surface area contributed by atoms with Crippen LogP contribution in [-0.4, -0.2) is 45.7 Å². The van der Waals surface area contributed by atoms with E-state index < -0.39 is 22.8 Å². The highest BCUT2D eigenvalue weighted by Gasteiger charge is 2.30. The molecule has 3 aromatic rings. The summed E-state index contributed by atoms with van der Waals surface area (Å²) in [4.78, 5) is 16.9. The Bertz CT molecular complexity index is 971. The lowest BCUT2D eigenvalue weighted by molar-refractivity contribution is -0.389. The van der Waals surface area contributed by atoms with E-state index in [4.69, 9.17) is 4.74 Å². The number of hydrogen-bond acceptors (Lipinski definition) is 7. The van der Waals surface area contributed by atoms with Crippen molar-refractivity contribution < 1.29 is 27.9 Å². The molecule has 12 heteroatoms. The zero-order valence-electron chi connectivity index (χ0n) is 14.5. The highest BCUT2D eigenvalue weighted by Crippen LogP contribution is 2.31. The number of nitrogens with zero attached hydrogens (tertiary/aromatic N) is 4. The van der Waals surface area contributed by atoms with Gasteiger partial charge < -0.3 is 24.9 Å². The van der Waals surface area contributed by atoms with Gasteiger partial charge in [-0.1, -0.05) is 11.3 Å². The zero-order chi connectivity index (χ0) is 20.5. The summed E-state index contributed by atoms with van der Waals surface area (Å²) >= 11 is 1.24. The van der Waals surface area contributed by atoms with Gasteiger partial charge in [0.25, 0.3) is 4.96 Å². The van der Waals surface area contributed by atoms with Gasteiger partial charge in [-0.3, -0.25) is 0 Å². The van der Waals surface area contributed by atoms with Gasteiger partial charge in [0.2, 0.25) is 5.82 Å². The molecule has 3 rings (SSSR count). The third-order valence-corrected chi connectivity index (χ3v) is 4.62. The molecule has 1 unspecified atom stereocenters. The number of fused-ring (bicyclic) bond motifs is 1. The SMILES string of the molecule is CN(CC(O)COc1ccc(C(F)(F)F)cc1)c1nc2sccn2c1[N+](=O)[O-]. The third kappa shape index (κ3) is 4.17. The summed E-state index contributed by atoms with van der Waals surface area (Å²) < 4.78 is 44.3. The Morgan fingerprint density at radius 2 is 2.07 bits per heavy atom. The van der Waals surface area contributed by atoms with Crippen LogP contribution in [0.4, 0.5) is 24.8 Å². The molecule has 0 saturated heterocycles. The van der Waals surface area contributed by atoms with Crippen LogP contribution in [0, 0.1) is 10.1 Å². The lowest BCUT2D eigenvalue weighted by Gasteiger charge is -2.20. The summed E-state index contributed by atoms with van der Waals surface area (Å²) in [7, 11) is 1.54. The minimum absolute atomic E-state index is 0.0215. The number of hydrogen-bond donors (Lipinski definition) is 1. The first-order valence-electron chi connectivity index (χ1n) is 7.96. The highest BCUT2D eigenvalue weighted by atomic mass is 32.1. The van der Waals surface area contributed by atoms with Gasteiger partial charge in [0.1, 0.15) is 24.7 Å². The molecule has 0 bridgehead atoms. The average Bonchev–Trinajstić information content (AvgIpc) is 3.20. The molecule has 1 aromatic carbocycles. The third-order valence-electron chi connectivity index (χ3n) is 3.86. The van der Waals surface area contributed by atoms with Gasteiger partial charge in [-0.2, -0.15) is 22.6 Å². The minimum atomic E-state index is -4.44. The van der Waals surface area contributed by atoms with Crippen molar-refractivity contribution in [1.82, 2.24) is 9.38 Å². The number of rotatable bonds is 7. The fourth-order valence-electron chi connectivity index (χ4n) is 2.58. The van der Waals surface area contributed by atoms with E-state index in [-0.39, 0.29) is 30.5 Å². The first-order chi connectivity index (χ1) is 13.2. The number of aliphatic hydroxyl groups is 1. The van der Waals surface area contributed by atoms with E-state index in [1.54, 1.807) is 12.4 Å². The number of alkyl halides is 3. The predicted octanol–water partition coefficient (Wildman–Crippen LogP) is 3.20. The van der Waals surface area contributed by atoms with Crippen molar-refractivity contribution in [3.05, 3.63) is 51.5 Å². The van der Waals surface area contributed by atoms with Gasteiger partial charge in [0.05, 0.1) is 5.56 Å². The van der Waals surface area contributed by atoms with Crippen molar-refractivity contribution in [3.63, 3.8) is 0 Å². The molecule has 0 radical (unpaired) electrons. The molecule has 0 aliphatic carbocycles. The number of ether oxygens (including phenoxy) is 1. The van der Waals surface area contributed by atoms with E-state index in [1.807, 2.05) is 0 Å². The first kappa shape index (κ1) is 19.9. The average molecular weight is 416 g/mol. The van der Waals surface area contributed by atoms with Crippen LogP contribution in [0.5, 0.6) is 5.75 Å². The maximum absolute atomic E-state index is 12.5. The molecule has 0 saturated carbocycles. The zero-order valence-corrected chi connectivity index (χ0v) is 15.3. The Morgan fingerprint density at radius 3 is 2.68 bits per heavy atom. The van der Waals surface area contributed by atoms with E-state index in [2.05, 4.69) is 4.98 Å². The quantitative estimate of drug-likeness (QED) is 0.470. The molecule has 0 amide bonds. The van der Waals surface area contributed by atoms with Crippen LogP contribution in [0.2, 0.25) is 0 Å². The van der Waals surface area contributed by atoms with E-state index in [1.165, 1.54) is 26.8 Å². The standard InChI is InChI=1S/C16H15F3N4O4S/c1-21(13-14(23(25)26)22-6-7-28-15(22)20-13)8-11(24)9-27-12-4-2-10(3-5-12)16(17,18)19/h2-7,11,24H,8-9H2,1H3. The lowest BCUT2D eigenvalue weighted by Crippen LogP contribution is -2.33. The number of likely N-dealkylation sites (N-methyl/N-ethyl adjacent to an activating group) is 1. The Morgan fingerprint density at radius 1 is 1.39 bits per heavy atom. The van der Waals surface area contributed by atoms with E-state index in [0.717, 1.165) is 24.3 Å². The molecule has 8 nitrogen and oxygen atoms in total. The summed E-state index contributed by atoms with van der Waals surface area (Å²) in [6.45, 7) is -0.224. The molecule has 1 atom stereocenters. The van der Waals surface area contributed by atoms with Crippen molar-refractivity contribution in [2.75, 3.05) is 25.1 Å². The molecule has 28 heavy (non-hydrogen) atoms. The number of aliphatic hydroxyl groups excluding tert-OH is 1. The highest BCUT2D eigenvalue weighted by molar-refractivity contribution is 7.15. The summed E-state index contributed by atoms with van der Waals surface area (Å²) in [6.07, 6.45) is -3.95. The topological polar surface area (TPSA) is 93.1 Å². The summed E-state index contributed by atoms with van der Waals surface area (Å²) in [5.41, 5.74) is -0.799. The number of imidazole rings is 1. The lowest BCUT2D eigenvalue weighted by atomic mass is 10.2. The normalized spacial score (nSPS) is 12.9. The molecule has 2 heterocycles. The number of halogens is 3. The number of aromatic nitrogens is 2. The maximum Gasteiger partial charge on any atom is 0.416 e. The summed E-state index contributed by atoms with van der Waals surface area (Å²) in [6, 6.07) is 4.09. The fraction of sp³-hybridized carbons (Fsp3) is 0.312. The van der Waals surface area contributed by atoms with E-state index in [0.29, 0.717) is 4.96 Å². The summed E-state index contributed by atoms with van der Waals surface area (Å²) in [5, 5.41) is 23.2. The van der Waals surface area contributed by atoms with Gasteiger partial charge in [0, 0.05) is 19.0 Å². The number of benzene rings is 1. The number of thiazole rings is 1. The van der Waals surface area contributed by atoms with E-state index in [9.17, 15) is 28.4 Å². The molecule has 0 aliphatic rings. The second kappa shape index (κ2) is 7.64. The van der Waals surface area contributed by atoms with E-state index >= 15 is 0 Å². The summed E-state index contributed by atoms with van der Waals surface area (Å²) in [5.74, 6) is 0.0585. The fourth-order valence-corrected chi connectivity index (χ4v) is 3.28. The van der Waals surface area contributed by atoms with Crippen LogP contribution in [-0.2, 0) is 6.18 Å². The molecular weight excluding hydrogens is 401 g/mol. The van der Waals surface area contributed by atoms with Crippen molar-refractivity contribution in [2.45, 2.75) is 12.3 Å².